The average Bonchev–Trinajstić information content (AvgIpc) is 3.01. The van der Waals surface area contributed by atoms with Crippen LogP contribution in [0.5, 0.6) is 0 Å². The van der Waals surface area contributed by atoms with Crippen molar-refractivity contribution in [2.75, 3.05) is 26.2 Å². The first kappa shape index (κ1) is 17.5. The number of hydrogen-bond acceptors (Lipinski definition) is 3. The lowest BCUT2D eigenvalue weighted by molar-refractivity contribution is -0.133. The molecule has 1 saturated heterocycles. The highest BCUT2D eigenvalue weighted by Crippen LogP contribution is 2.18. The molecule has 3 rings (SSSR count). The molecule has 0 radical (unpaired) electrons. The smallest absolute Gasteiger partial charge is 0.224 e. The lowest BCUT2D eigenvalue weighted by Crippen LogP contribution is -2.48. The van der Waals surface area contributed by atoms with Gasteiger partial charge in [-0.05, 0) is 27.6 Å². The Labute approximate surface area is 155 Å². The maximum atomic E-state index is 12.3. The molecule has 0 N–H and O–H groups in total. The van der Waals surface area contributed by atoms with Gasteiger partial charge < -0.3 is 4.90 Å². The normalized spacial score (nSPS) is 15.7. The fourth-order valence-corrected chi connectivity index (χ4v) is 3.38. The van der Waals surface area contributed by atoms with Crippen LogP contribution in [0.2, 0.25) is 5.02 Å². The monoisotopic (exact) mass is 410 g/mol. The maximum absolute atomic E-state index is 12.3. The van der Waals surface area contributed by atoms with Gasteiger partial charge in [0.2, 0.25) is 5.91 Å². The van der Waals surface area contributed by atoms with Crippen molar-refractivity contribution >= 4 is 33.4 Å². The van der Waals surface area contributed by atoms with Gasteiger partial charge in [0.1, 0.15) is 0 Å². The Morgan fingerprint density at radius 3 is 2.62 bits per heavy atom. The van der Waals surface area contributed by atoms with Crippen LogP contribution in [0.3, 0.4) is 0 Å². The summed E-state index contributed by atoms with van der Waals surface area (Å²) in [4.78, 5) is 16.6. The molecule has 1 aliphatic rings. The highest BCUT2D eigenvalue weighted by Gasteiger charge is 2.21. The summed E-state index contributed by atoms with van der Waals surface area (Å²) in [5, 5.41) is 4.99. The van der Waals surface area contributed by atoms with E-state index in [1.54, 1.807) is 10.9 Å². The van der Waals surface area contributed by atoms with Crippen LogP contribution in [0.4, 0.5) is 0 Å². The number of rotatable bonds is 5. The summed E-state index contributed by atoms with van der Waals surface area (Å²) in [6.45, 7) is 4.75. The minimum atomic E-state index is 0.194. The van der Waals surface area contributed by atoms with Crippen LogP contribution >= 0.6 is 27.5 Å². The van der Waals surface area contributed by atoms with Crippen molar-refractivity contribution < 1.29 is 4.79 Å². The zero-order chi connectivity index (χ0) is 16.9. The summed E-state index contributed by atoms with van der Waals surface area (Å²) < 4.78 is 2.72. The molecule has 5 nitrogen and oxygen atoms in total. The molecule has 128 valence electrons. The van der Waals surface area contributed by atoms with Crippen molar-refractivity contribution in [1.29, 1.82) is 0 Å². The van der Waals surface area contributed by atoms with E-state index in [-0.39, 0.29) is 5.91 Å². The molecule has 0 aliphatic carbocycles. The van der Waals surface area contributed by atoms with E-state index in [0.29, 0.717) is 13.0 Å². The van der Waals surface area contributed by atoms with E-state index < -0.39 is 0 Å². The molecule has 1 amide bonds. The van der Waals surface area contributed by atoms with E-state index in [4.69, 9.17) is 11.6 Å². The Kier molecular flexibility index (Phi) is 5.92. The second-order valence-corrected chi connectivity index (χ2v) is 7.24. The van der Waals surface area contributed by atoms with Crippen LogP contribution in [0, 0.1) is 0 Å². The summed E-state index contributed by atoms with van der Waals surface area (Å²) >= 11 is 9.58. The standard InChI is InChI=1S/C17H20BrClN4O/c18-15-11-20-23(13-15)6-5-17(24)22-9-7-21(8-10-22)12-14-3-1-2-4-16(14)19/h1-4,11,13H,5-10,12H2. The molecule has 1 fully saturated rings. The molecule has 1 aromatic heterocycles. The number of aromatic nitrogens is 2. The quantitative estimate of drug-likeness (QED) is 0.759. The third-order valence-corrected chi connectivity index (χ3v) is 5.01. The number of benzene rings is 1. The van der Waals surface area contributed by atoms with E-state index in [1.165, 1.54) is 0 Å². The minimum Gasteiger partial charge on any atom is -0.340 e. The van der Waals surface area contributed by atoms with Gasteiger partial charge in [-0.2, -0.15) is 5.10 Å². The first-order chi connectivity index (χ1) is 11.6. The number of halogens is 2. The van der Waals surface area contributed by atoms with Gasteiger partial charge in [-0.15, -0.1) is 0 Å². The molecule has 0 saturated carbocycles. The third kappa shape index (κ3) is 4.59. The van der Waals surface area contributed by atoms with Gasteiger partial charge in [0, 0.05) is 56.9 Å². The van der Waals surface area contributed by atoms with Crippen LogP contribution in [0.1, 0.15) is 12.0 Å². The van der Waals surface area contributed by atoms with Crippen molar-refractivity contribution in [3.63, 3.8) is 0 Å². The molecule has 0 bridgehead atoms. The van der Waals surface area contributed by atoms with Crippen molar-refractivity contribution in [2.24, 2.45) is 0 Å². The predicted molar refractivity (Wildman–Crippen MR) is 97.9 cm³/mol. The van der Waals surface area contributed by atoms with Gasteiger partial charge in [0.15, 0.2) is 0 Å². The SMILES string of the molecule is O=C(CCn1cc(Br)cn1)N1CCN(Cc2ccccc2Cl)CC1. The Bertz CT molecular complexity index is 697. The second-order valence-electron chi connectivity index (χ2n) is 5.92. The number of carbonyl (C=O) groups excluding carboxylic acids is 1. The molecule has 1 aromatic carbocycles. The van der Waals surface area contributed by atoms with Gasteiger partial charge in [-0.1, -0.05) is 29.8 Å². The lowest BCUT2D eigenvalue weighted by atomic mass is 10.2. The van der Waals surface area contributed by atoms with Gasteiger partial charge in [0.25, 0.3) is 0 Å². The topological polar surface area (TPSA) is 41.4 Å². The van der Waals surface area contributed by atoms with E-state index in [2.05, 4.69) is 32.0 Å². The molecular weight excluding hydrogens is 392 g/mol. The number of piperazine rings is 1. The highest BCUT2D eigenvalue weighted by molar-refractivity contribution is 9.10. The first-order valence-electron chi connectivity index (χ1n) is 8.03. The molecule has 0 spiro atoms. The summed E-state index contributed by atoms with van der Waals surface area (Å²) in [7, 11) is 0. The number of nitrogens with zero attached hydrogens (tertiary/aromatic N) is 4. The fraction of sp³-hybridized carbons (Fsp3) is 0.412. The average molecular weight is 412 g/mol. The Hall–Kier alpha value is -1.37. The van der Waals surface area contributed by atoms with Crippen LogP contribution < -0.4 is 0 Å². The second kappa shape index (κ2) is 8.14. The molecule has 1 aliphatic heterocycles. The molecule has 24 heavy (non-hydrogen) atoms. The molecule has 0 atom stereocenters. The molecule has 2 heterocycles. The van der Waals surface area contributed by atoms with E-state index in [9.17, 15) is 4.79 Å². The predicted octanol–water partition coefficient (Wildman–Crippen LogP) is 3.03. The minimum absolute atomic E-state index is 0.194. The summed E-state index contributed by atoms with van der Waals surface area (Å²) in [6, 6.07) is 7.93. The molecule has 0 unspecified atom stereocenters. The number of amides is 1. The highest BCUT2D eigenvalue weighted by atomic mass is 79.9. The first-order valence-corrected chi connectivity index (χ1v) is 9.20. The van der Waals surface area contributed by atoms with Crippen molar-refractivity contribution in [3.8, 4) is 0 Å². The zero-order valence-electron chi connectivity index (χ0n) is 13.4. The lowest BCUT2D eigenvalue weighted by Gasteiger charge is -2.35. The van der Waals surface area contributed by atoms with Gasteiger partial charge >= 0.3 is 0 Å². The Morgan fingerprint density at radius 1 is 1.21 bits per heavy atom. The van der Waals surface area contributed by atoms with Crippen molar-refractivity contribution in [2.45, 2.75) is 19.5 Å². The van der Waals surface area contributed by atoms with Crippen LogP contribution in [0.25, 0.3) is 0 Å². The van der Waals surface area contributed by atoms with Gasteiger partial charge in [-0.3, -0.25) is 14.4 Å². The van der Waals surface area contributed by atoms with E-state index in [0.717, 1.165) is 47.8 Å². The molecule has 2 aromatic rings. The molecular formula is C17H20BrClN4O. The summed E-state index contributed by atoms with van der Waals surface area (Å²) in [5.74, 6) is 0.194. The summed E-state index contributed by atoms with van der Waals surface area (Å²) in [5.41, 5.74) is 1.14. The van der Waals surface area contributed by atoms with Crippen LogP contribution in [0.15, 0.2) is 41.1 Å². The van der Waals surface area contributed by atoms with Crippen LogP contribution in [-0.4, -0.2) is 51.7 Å². The van der Waals surface area contributed by atoms with E-state index >= 15 is 0 Å². The number of carbonyl (C=O) groups is 1. The van der Waals surface area contributed by atoms with Crippen molar-refractivity contribution in [1.82, 2.24) is 19.6 Å². The molecule has 7 heteroatoms. The largest absolute Gasteiger partial charge is 0.340 e. The van der Waals surface area contributed by atoms with Crippen LogP contribution in [-0.2, 0) is 17.9 Å². The Balaban J connectivity index is 1.44. The van der Waals surface area contributed by atoms with Crippen molar-refractivity contribution in [3.05, 3.63) is 51.7 Å². The number of aryl methyl sites for hydroxylation is 1. The number of hydrogen-bond donors (Lipinski definition) is 0. The zero-order valence-corrected chi connectivity index (χ0v) is 15.7. The Morgan fingerprint density at radius 2 is 1.96 bits per heavy atom. The third-order valence-electron chi connectivity index (χ3n) is 4.23. The van der Waals surface area contributed by atoms with Gasteiger partial charge in [0.05, 0.1) is 10.7 Å². The van der Waals surface area contributed by atoms with E-state index in [1.807, 2.05) is 29.3 Å². The summed E-state index contributed by atoms with van der Waals surface area (Å²) in [6.07, 6.45) is 4.10. The fourth-order valence-electron chi connectivity index (χ4n) is 2.85. The van der Waals surface area contributed by atoms with Gasteiger partial charge in [-0.25, -0.2) is 0 Å². The maximum Gasteiger partial charge on any atom is 0.224 e.